The Bertz CT molecular complexity index is 1180. The van der Waals surface area contributed by atoms with E-state index in [-0.39, 0.29) is 11.8 Å². The predicted molar refractivity (Wildman–Crippen MR) is 144 cm³/mol. The quantitative estimate of drug-likeness (QED) is 0.443. The van der Waals surface area contributed by atoms with Crippen molar-refractivity contribution in [3.8, 4) is 0 Å². The van der Waals surface area contributed by atoms with Gasteiger partial charge in [0.1, 0.15) is 11.6 Å². The second kappa shape index (κ2) is 10.9. The molecule has 3 heterocycles. The molecule has 2 aliphatic rings. The number of H-pyrrole nitrogens is 1. The van der Waals surface area contributed by atoms with Crippen molar-refractivity contribution in [2.24, 2.45) is 0 Å². The lowest BCUT2D eigenvalue weighted by atomic mass is 9.81. The maximum atomic E-state index is 13.7. The number of aromatic amines is 1. The fourth-order valence-corrected chi connectivity index (χ4v) is 6.04. The summed E-state index contributed by atoms with van der Waals surface area (Å²) in [5, 5.41) is 4.25. The molecule has 2 N–H and O–H groups in total. The van der Waals surface area contributed by atoms with E-state index in [0.717, 1.165) is 55.4 Å². The number of aryl methyl sites for hydroxylation is 1. The number of nitrogens with one attached hydrogen (secondary N) is 2. The van der Waals surface area contributed by atoms with E-state index in [1.165, 1.54) is 12.0 Å². The number of amides is 2. The smallest absolute Gasteiger partial charge is 0.246 e. The van der Waals surface area contributed by atoms with Gasteiger partial charge in [-0.25, -0.2) is 0 Å². The van der Waals surface area contributed by atoms with E-state index in [0.29, 0.717) is 25.8 Å². The highest BCUT2D eigenvalue weighted by molar-refractivity contribution is 6.00. The van der Waals surface area contributed by atoms with Crippen LogP contribution in [0.1, 0.15) is 50.2 Å². The Labute approximate surface area is 214 Å². The molecule has 0 saturated carbocycles. The number of unbranched alkanes of at least 4 members (excludes halogenated alkanes) is 1. The number of nitrogens with zero attached hydrogens (tertiary/aromatic N) is 2. The van der Waals surface area contributed by atoms with Crippen molar-refractivity contribution in [3.63, 3.8) is 0 Å². The average Bonchev–Trinajstić information content (AvgIpc) is 3.32. The first kappa shape index (κ1) is 24.6. The van der Waals surface area contributed by atoms with Crippen LogP contribution in [0.5, 0.6) is 0 Å². The number of rotatable bonds is 9. The first-order chi connectivity index (χ1) is 17.6. The Kier molecular flexibility index (Phi) is 7.42. The molecule has 2 fully saturated rings. The van der Waals surface area contributed by atoms with Crippen molar-refractivity contribution in [3.05, 3.63) is 71.9 Å². The molecule has 0 radical (unpaired) electrons. The molecule has 36 heavy (non-hydrogen) atoms. The molecule has 1 spiro atoms. The molecule has 1 atom stereocenters. The summed E-state index contributed by atoms with van der Waals surface area (Å²) in [6.45, 7) is 5.49. The number of benzene rings is 2. The highest BCUT2D eigenvalue weighted by Crippen LogP contribution is 2.34. The van der Waals surface area contributed by atoms with E-state index in [9.17, 15) is 9.59 Å². The number of carbonyl (C=O) groups is 2. The molecular weight excluding hydrogens is 448 g/mol. The van der Waals surface area contributed by atoms with Gasteiger partial charge in [-0.2, -0.15) is 0 Å². The number of aromatic nitrogens is 1. The van der Waals surface area contributed by atoms with Crippen LogP contribution in [0.4, 0.5) is 0 Å². The molecule has 0 aliphatic carbocycles. The largest absolute Gasteiger partial charge is 0.361 e. The first-order valence-electron chi connectivity index (χ1n) is 13.5. The Morgan fingerprint density at radius 3 is 2.47 bits per heavy atom. The number of likely N-dealkylation sites (tertiary alicyclic amines) is 1. The summed E-state index contributed by atoms with van der Waals surface area (Å²) in [5.41, 5.74) is 2.82. The van der Waals surface area contributed by atoms with Crippen LogP contribution < -0.4 is 5.32 Å². The number of piperidine rings is 1. The van der Waals surface area contributed by atoms with Gasteiger partial charge >= 0.3 is 0 Å². The summed E-state index contributed by atoms with van der Waals surface area (Å²) < 4.78 is 0. The summed E-state index contributed by atoms with van der Waals surface area (Å²) in [4.78, 5) is 35.0. The van der Waals surface area contributed by atoms with Gasteiger partial charge in [-0.3, -0.25) is 9.59 Å². The van der Waals surface area contributed by atoms with E-state index >= 15 is 0 Å². The third-order valence-corrected chi connectivity index (χ3v) is 8.07. The van der Waals surface area contributed by atoms with Gasteiger partial charge in [0.05, 0.1) is 0 Å². The molecule has 0 bridgehead atoms. The van der Waals surface area contributed by atoms with E-state index < -0.39 is 11.6 Å². The number of piperazine rings is 1. The van der Waals surface area contributed by atoms with Crippen LogP contribution >= 0.6 is 0 Å². The maximum absolute atomic E-state index is 13.7. The van der Waals surface area contributed by atoms with Crippen molar-refractivity contribution in [1.82, 2.24) is 20.1 Å². The lowest BCUT2D eigenvalue weighted by molar-refractivity contribution is -0.161. The Hall–Kier alpha value is -3.12. The Balaban J connectivity index is 1.20. The number of carbonyl (C=O) groups excluding carboxylic acids is 2. The molecular formula is C30H38N4O2. The highest BCUT2D eigenvalue weighted by atomic mass is 16.2. The van der Waals surface area contributed by atoms with Crippen molar-refractivity contribution in [2.75, 3.05) is 26.2 Å². The zero-order chi connectivity index (χ0) is 25.0. The van der Waals surface area contributed by atoms with Gasteiger partial charge in [-0.1, -0.05) is 55.5 Å². The van der Waals surface area contributed by atoms with Crippen LogP contribution in [0, 0.1) is 0 Å². The number of para-hydroxylation sites is 1. The molecule has 1 unspecified atom stereocenters. The molecule has 6 nitrogen and oxygen atoms in total. The Morgan fingerprint density at radius 2 is 1.69 bits per heavy atom. The third-order valence-electron chi connectivity index (χ3n) is 8.07. The molecule has 1 aromatic heterocycles. The molecule has 5 rings (SSSR count). The fraction of sp³-hybridized carbons (Fsp3) is 0.467. The van der Waals surface area contributed by atoms with Gasteiger partial charge in [-0.15, -0.1) is 0 Å². The van der Waals surface area contributed by atoms with E-state index in [1.54, 1.807) is 0 Å². The molecule has 2 aromatic carbocycles. The van der Waals surface area contributed by atoms with Gasteiger partial charge < -0.3 is 20.1 Å². The molecule has 6 heteroatoms. The van der Waals surface area contributed by atoms with Gasteiger partial charge in [0.25, 0.3) is 0 Å². The second-order valence-electron chi connectivity index (χ2n) is 10.4. The van der Waals surface area contributed by atoms with Crippen LogP contribution in [0.3, 0.4) is 0 Å². The van der Waals surface area contributed by atoms with Crippen LogP contribution in [0.25, 0.3) is 10.9 Å². The first-order valence-corrected chi connectivity index (χ1v) is 13.5. The zero-order valence-corrected chi connectivity index (χ0v) is 21.3. The monoisotopic (exact) mass is 486 g/mol. The van der Waals surface area contributed by atoms with E-state index in [1.807, 2.05) is 29.3 Å². The van der Waals surface area contributed by atoms with Crippen LogP contribution in [-0.2, 0) is 22.4 Å². The number of hydrogen-bond donors (Lipinski definition) is 2. The van der Waals surface area contributed by atoms with Crippen LogP contribution in [-0.4, -0.2) is 64.4 Å². The van der Waals surface area contributed by atoms with E-state index in [2.05, 4.69) is 58.5 Å². The zero-order valence-electron chi connectivity index (χ0n) is 21.3. The van der Waals surface area contributed by atoms with E-state index in [4.69, 9.17) is 0 Å². The van der Waals surface area contributed by atoms with Crippen LogP contribution in [0.2, 0.25) is 0 Å². The number of hydrogen-bond acceptors (Lipinski definition) is 3. The third kappa shape index (κ3) is 4.92. The summed E-state index contributed by atoms with van der Waals surface area (Å²) >= 11 is 0. The average molecular weight is 487 g/mol. The van der Waals surface area contributed by atoms with Crippen molar-refractivity contribution < 1.29 is 9.59 Å². The standard InChI is InChI=1S/C30H38N4O2/c1-2-17-34-28(35)27(21-24-22-31-26-14-7-6-13-25(24)26)32-29(36)30(34)15-19-33(20-16-30)18-9-8-12-23-10-4-3-5-11-23/h3-7,10-11,13-14,22,27,31H,2,8-9,12,15-21H2,1H3,(H,32,36). The Morgan fingerprint density at radius 1 is 0.944 bits per heavy atom. The van der Waals surface area contributed by atoms with Gasteiger partial charge in [0.2, 0.25) is 11.8 Å². The molecule has 3 aromatic rings. The SMILES string of the molecule is CCCN1C(=O)C(Cc2c[nH]c3ccccc23)NC(=O)C12CCN(CCCCc1ccccc1)CC2. The normalized spacial score (nSPS) is 20.2. The minimum absolute atomic E-state index is 0.0316. The minimum atomic E-state index is -0.704. The molecule has 2 saturated heterocycles. The van der Waals surface area contributed by atoms with Crippen molar-refractivity contribution >= 4 is 22.7 Å². The summed E-state index contributed by atoms with van der Waals surface area (Å²) in [6.07, 6.45) is 8.18. The van der Waals surface area contributed by atoms with Crippen molar-refractivity contribution in [1.29, 1.82) is 0 Å². The summed E-state index contributed by atoms with van der Waals surface area (Å²) in [7, 11) is 0. The van der Waals surface area contributed by atoms with Gasteiger partial charge in [-0.05, 0) is 62.3 Å². The topological polar surface area (TPSA) is 68.4 Å². The van der Waals surface area contributed by atoms with Gasteiger partial charge in [0, 0.05) is 43.2 Å². The maximum Gasteiger partial charge on any atom is 0.246 e. The molecule has 190 valence electrons. The molecule has 2 amide bonds. The summed E-state index contributed by atoms with van der Waals surface area (Å²) in [5.74, 6) is 0.0992. The minimum Gasteiger partial charge on any atom is -0.361 e. The van der Waals surface area contributed by atoms with Gasteiger partial charge in [0.15, 0.2) is 0 Å². The van der Waals surface area contributed by atoms with Crippen LogP contribution in [0.15, 0.2) is 60.8 Å². The fourth-order valence-electron chi connectivity index (χ4n) is 6.04. The second-order valence-corrected chi connectivity index (χ2v) is 10.4. The predicted octanol–water partition coefficient (Wildman–Crippen LogP) is 4.30. The lowest BCUT2D eigenvalue weighted by Crippen LogP contribution is -2.73. The lowest BCUT2D eigenvalue weighted by Gasteiger charge is -2.51. The highest BCUT2D eigenvalue weighted by Gasteiger charge is 2.53. The molecule has 2 aliphatic heterocycles. The summed E-state index contributed by atoms with van der Waals surface area (Å²) in [6, 6.07) is 18.2. The number of fused-ring (bicyclic) bond motifs is 1. The van der Waals surface area contributed by atoms with Crippen molar-refractivity contribution in [2.45, 2.75) is 63.5 Å².